The van der Waals surface area contributed by atoms with Gasteiger partial charge in [-0.2, -0.15) is 5.10 Å². The number of hydrogen-bond acceptors (Lipinski definition) is 3. The summed E-state index contributed by atoms with van der Waals surface area (Å²) < 4.78 is 1.78. The zero-order valence-electron chi connectivity index (χ0n) is 11.8. The van der Waals surface area contributed by atoms with Gasteiger partial charge in [0.15, 0.2) is 0 Å². The average molecular weight is 253 g/mol. The van der Waals surface area contributed by atoms with Crippen molar-refractivity contribution < 1.29 is 9.90 Å². The highest BCUT2D eigenvalue weighted by molar-refractivity contribution is 5.79. The minimum Gasteiger partial charge on any atom is -0.394 e. The molecule has 0 unspecified atom stereocenters. The van der Waals surface area contributed by atoms with Gasteiger partial charge in [0.1, 0.15) is 0 Å². The van der Waals surface area contributed by atoms with Gasteiger partial charge in [-0.15, -0.1) is 0 Å². The van der Waals surface area contributed by atoms with Crippen LogP contribution >= 0.6 is 0 Å². The Morgan fingerprint density at radius 3 is 2.44 bits per heavy atom. The van der Waals surface area contributed by atoms with E-state index in [1.165, 1.54) is 0 Å². The zero-order valence-corrected chi connectivity index (χ0v) is 11.8. The molecule has 0 fully saturated rings. The fourth-order valence-corrected chi connectivity index (χ4v) is 1.91. The standard InChI is InChI=1S/C13H23N3O2/c1-8(2)12(7-17)14-13(18)6-11-9(3)15-16(5)10(11)4/h8,12,17H,6-7H2,1-5H3,(H,14,18)/t12-/m1/s1. The fraction of sp³-hybridized carbons (Fsp3) is 0.692. The smallest absolute Gasteiger partial charge is 0.224 e. The van der Waals surface area contributed by atoms with Crippen molar-refractivity contribution >= 4 is 5.91 Å². The van der Waals surface area contributed by atoms with Gasteiger partial charge in [0.25, 0.3) is 0 Å². The molecule has 0 saturated heterocycles. The maximum atomic E-state index is 11.9. The molecule has 1 aromatic heterocycles. The highest BCUT2D eigenvalue weighted by Crippen LogP contribution is 2.12. The Labute approximate surface area is 108 Å². The number of carbonyl (C=O) groups excluding carboxylic acids is 1. The second-order valence-electron chi connectivity index (χ2n) is 5.05. The zero-order chi connectivity index (χ0) is 13.9. The fourth-order valence-electron chi connectivity index (χ4n) is 1.91. The third kappa shape index (κ3) is 3.32. The lowest BCUT2D eigenvalue weighted by molar-refractivity contribution is -0.121. The van der Waals surface area contributed by atoms with E-state index in [9.17, 15) is 9.90 Å². The molecule has 1 rings (SSSR count). The number of rotatable bonds is 5. The van der Waals surface area contributed by atoms with Crippen molar-refractivity contribution in [2.75, 3.05) is 6.61 Å². The molecule has 1 atom stereocenters. The summed E-state index contributed by atoms with van der Waals surface area (Å²) in [7, 11) is 1.87. The number of hydrogen-bond donors (Lipinski definition) is 2. The van der Waals surface area contributed by atoms with Crippen LogP contribution in [-0.2, 0) is 18.3 Å². The lowest BCUT2D eigenvalue weighted by atomic mass is 10.0. The predicted molar refractivity (Wildman–Crippen MR) is 70.2 cm³/mol. The summed E-state index contributed by atoms with van der Waals surface area (Å²) in [5.74, 6) is 0.150. The first-order valence-electron chi connectivity index (χ1n) is 6.26. The van der Waals surface area contributed by atoms with E-state index in [0.29, 0.717) is 6.42 Å². The van der Waals surface area contributed by atoms with E-state index in [4.69, 9.17) is 0 Å². The van der Waals surface area contributed by atoms with Gasteiger partial charge < -0.3 is 10.4 Å². The number of carbonyl (C=O) groups is 1. The Bertz CT molecular complexity index is 424. The molecular formula is C13H23N3O2. The predicted octanol–water partition coefficient (Wildman–Crippen LogP) is 0.713. The van der Waals surface area contributed by atoms with Gasteiger partial charge in [-0.3, -0.25) is 9.48 Å². The monoisotopic (exact) mass is 253 g/mol. The van der Waals surface area contributed by atoms with Gasteiger partial charge >= 0.3 is 0 Å². The number of aryl methyl sites for hydroxylation is 2. The molecule has 0 spiro atoms. The van der Waals surface area contributed by atoms with E-state index >= 15 is 0 Å². The molecule has 1 heterocycles. The second kappa shape index (κ2) is 6.00. The molecule has 5 nitrogen and oxygen atoms in total. The summed E-state index contributed by atoms with van der Waals surface area (Å²) in [5, 5.41) is 16.3. The van der Waals surface area contributed by atoms with Gasteiger partial charge in [0, 0.05) is 18.3 Å². The van der Waals surface area contributed by atoms with Gasteiger partial charge in [0.2, 0.25) is 5.91 Å². The minimum atomic E-state index is -0.185. The largest absolute Gasteiger partial charge is 0.394 e. The highest BCUT2D eigenvalue weighted by Gasteiger charge is 2.18. The molecule has 1 aromatic rings. The Balaban J connectivity index is 2.70. The third-order valence-corrected chi connectivity index (χ3v) is 3.34. The molecule has 5 heteroatoms. The lowest BCUT2D eigenvalue weighted by Gasteiger charge is -2.19. The maximum absolute atomic E-state index is 11.9. The Morgan fingerprint density at radius 2 is 2.06 bits per heavy atom. The van der Waals surface area contributed by atoms with Gasteiger partial charge in [-0.25, -0.2) is 0 Å². The Morgan fingerprint density at radius 1 is 1.44 bits per heavy atom. The topological polar surface area (TPSA) is 67.2 Å². The summed E-state index contributed by atoms with van der Waals surface area (Å²) >= 11 is 0. The number of aromatic nitrogens is 2. The van der Waals surface area contributed by atoms with Crippen molar-refractivity contribution in [3.63, 3.8) is 0 Å². The Kier molecular flexibility index (Phi) is 4.90. The summed E-state index contributed by atoms with van der Waals surface area (Å²) in [6, 6.07) is -0.185. The van der Waals surface area contributed by atoms with Crippen LogP contribution in [0.4, 0.5) is 0 Å². The van der Waals surface area contributed by atoms with Crippen LogP contribution in [0.2, 0.25) is 0 Å². The molecule has 2 N–H and O–H groups in total. The molecule has 1 amide bonds. The van der Waals surface area contributed by atoms with Crippen molar-refractivity contribution in [2.45, 2.75) is 40.2 Å². The average Bonchev–Trinajstić information content (AvgIpc) is 2.52. The number of amides is 1. The first-order chi connectivity index (χ1) is 8.36. The molecule has 0 saturated carbocycles. The molecule has 102 valence electrons. The molecule has 0 aromatic carbocycles. The van der Waals surface area contributed by atoms with Crippen molar-refractivity contribution in [1.82, 2.24) is 15.1 Å². The third-order valence-electron chi connectivity index (χ3n) is 3.34. The number of aliphatic hydroxyl groups excluding tert-OH is 1. The molecule has 0 aliphatic rings. The molecule has 0 radical (unpaired) electrons. The van der Waals surface area contributed by atoms with Gasteiger partial charge in [-0.05, 0) is 19.8 Å². The first kappa shape index (κ1) is 14.7. The van der Waals surface area contributed by atoms with Crippen molar-refractivity contribution in [3.05, 3.63) is 17.0 Å². The molecular weight excluding hydrogens is 230 g/mol. The van der Waals surface area contributed by atoms with Crippen LogP contribution in [0.15, 0.2) is 0 Å². The van der Waals surface area contributed by atoms with Crippen LogP contribution in [0.1, 0.15) is 30.8 Å². The van der Waals surface area contributed by atoms with E-state index in [1.807, 2.05) is 34.7 Å². The first-order valence-corrected chi connectivity index (χ1v) is 6.26. The van der Waals surface area contributed by atoms with E-state index in [2.05, 4.69) is 10.4 Å². The van der Waals surface area contributed by atoms with E-state index in [-0.39, 0.29) is 24.5 Å². The van der Waals surface area contributed by atoms with Crippen molar-refractivity contribution in [1.29, 1.82) is 0 Å². The quantitative estimate of drug-likeness (QED) is 0.812. The maximum Gasteiger partial charge on any atom is 0.224 e. The number of nitrogens with one attached hydrogen (secondary N) is 1. The van der Waals surface area contributed by atoms with Crippen LogP contribution in [-0.4, -0.2) is 33.4 Å². The van der Waals surface area contributed by atoms with Crippen LogP contribution < -0.4 is 5.32 Å². The summed E-state index contributed by atoms with van der Waals surface area (Å²) in [5.41, 5.74) is 2.86. The van der Waals surface area contributed by atoms with Crippen LogP contribution in [0.5, 0.6) is 0 Å². The molecule has 18 heavy (non-hydrogen) atoms. The van der Waals surface area contributed by atoms with E-state index in [1.54, 1.807) is 4.68 Å². The molecule has 0 aliphatic heterocycles. The van der Waals surface area contributed by atoms with Crippen molar-refractivity contribution in [2.24, 2.45) is 13.0 Å². The highest BCUT2D eigenvalue weighted by atomic mass is 16.3. The summed E-state index contributed by atoms with van der Waals surface area (Å²) in [6.45, 7) is 7.77. The lowest BCUT2D eigenvalue weighted by Crippen LogP contribution is -2.41. The van der Waals surface area contributed by atoms with Gasteiger partial charge in [0.05, 0.1) is 24.8 Å². The van der Waals surface area contributed by atoms with Crippen LogP contribution in [0, 0.1) is 19.8 Å². The second-order valence-corrected chi connectivity index (χ2v) is 5.05. The van der Waals surface area contributed by atoms with Crippen LogP contribution in [0.3, 0.4) is 0 Å². The summed E-state index contributed by atoms with van der Waals surface area (Å²) in [6.07, 6.45) is 0.314. The molecule has 0 bridgehead atoms. The van der Waals surface area contributed by atoms with E-state index in [0.717, 1.165) is 17.0 Å². The van der Waals surface area contributed by atoms with Crippen LogP contribution in [0.25, 0.3) is 0 Å². The van der Waals surface area contributed by atoms with Crippen molar-refractivity contribution in [3.8, 4) is 0 Å². The summed E-state index contributed by atoms with van der Waals surface area (Å²) in [4.78, 5) is 11.9. The minimum absolute atomic E-state index is 0.0333. The van der Waals surface area contributed by atoms with Gasteiger partial charge in [-0.1, -0.05) is 13.8 Å². The number of aliphatic hydroxyl groups is 1. The van der Waals surface area contributed by atoms with E-state index < -0.39 is 0 Å². The Hall–Kier alpha value is -1.36. The normalized spacial score (nSPS) is 12.8. The number of nitrogens with zero attached hydrogens (tertiary/aromatic N) is 2. The SMILES string of the molecule is Cc1nn(C)c(C)c1CC(=O)N[C@H](CO)C(C)C. The molecule has 0 aliphatic carbocycles.